The fourth-order valence-corrected chi connectivity index (χ4v) is 2.17. The normalized spacial score (nSPS) is 10.4. The first-order chi connectivity index (χ1) is 11.4. The van der Waals surface area contributed by atoms with Gasteiger partial charge in [0.1, 0.15) is 5.75 Å². The Morgan fingerprint density at radius 3 is 2.25 bits per heavy atom. The molecule has 0 saturated carbocycles. The molecule has 126 valence electrons. The molecule has 2 amide bonds. The first kappa shape index (κ1) is 17.8. The number of nitrogens with one attached hydrogen (secondary N) is 2. The number of ether oxygens (including phenoxy) is 1. The van der Waals surface area contributed by atoms with Crippen LogP contribution < -0.4 is 15.4 Å². The van der Waals surface area contributed by atoms with E-state index in [9.17, 15) is 9.59 Å². The van der Waals surface area contributed by atoms with Crippen LogP contribution in [0.25, 0.3) is 0 Å². The molecule has 0 saturated heterocycles. The fraction of sp³-hybridized carbons (Fsp3) is 0.222. The molecule has 24 heavy (non-hydrogen) atoms. The maximum atomic E-state index is 12.0. The molecule has 0 radical (unpaired) electrons. The third-order valence-corrected chi connectivity index (χ3v) is 3.62. The highest BCUT2D eigenvalue weighted by atomic mass is 35.5. The van der Waals surface area contributed by atoms with Crippen LogP contribution in [-0.2, 0) is 9.59 Å². The van der Waals surface area contributed by atoms with Gasteiger partial charge in [-0.25, -0.2) is 0 Å². The molecule has 0 atom stereocenters. The van der Waals surface area contributed by atoms with E-state index in [0.29, 0.717) is 27.7 Å². The third-order valence-electron chi connectivity index (χ3n) is 3.21. The summed E-state index contributed by atoms with van der Waals surface area (Å²) in [6.07, 6.45) is 0.0668. The van der Waals surface area contributed by atoms with E-state index in [4.69, 9.17) is 16.3 Å². The van der Waals surface area contributed by atoms with Gasteiger partial charge in [0.05, 0.1) is 6.10 Å². The zero-order valence-electron chi connectivity index (χ0n) is 13.7. The van der Waals surface area contributed by atoms with Crippen LogP contribution >= 0.6 is 11.6 Å². The van der Waals surface area contributed by atoms with Crippen molar-refractivity contribution in [1.29, 1.82) is 0 Å². The second kappa shape index (κ2) is 7.84. The fourth-order valence-electron chi connectivity index (χ4n) is 2.00. The van der Waals surface area contributed by atoms with Crippen LogP contribution in [0.2, 0.25) is 5.02 Å². The molecule has 6 heteroatoms. The third kappa shape index (κ3) is 4.73. The molecule has 0 aliphatic rings. The van der Waals surface area contributed by atoms with Crippen molar-refractivity contribution in [2.24, 2.45) is 0 Å². The molecular formula is C18H19ClN2O3. The lowest BCUT2D eigenvalue weighted by molar-refractivity contribution is -0.133. The maximum Gasteiger partial charge on any atom is 0.314 e. The van der Waals surface area contributed by atoms with E-state index in [0.717, 1.165) is 0 Å². The summed E-state index contributed by atoms with van der Waals surface area (Å²) in [5.74, 6) is -0.822. The molecule has 2 rings (SSSR count). The number of rotatable bonds is 4. The Morgan fingerprint density at radius 2 is 1.62 bits per heavy atom. The minimum atomic E-state index is -0.761. The lowest BCUT2D eigenvalue weighted by Gasteiger charge is -2.11. The molecule has 0 aromatic heterocycles. The Labute approximate surface area is 146 Å². The molecular weight excluding hydrogens is 328 g/mol. The molecule has 0 aliphatic carbocycles. The summed E-state index contributed by atoms with van der Waals surface area (Å²) >= 11 is 5.99. The van der Waals surface area contributed by atoms with Crippen LogP contribution in [0.1, 0.15) is 19.4 Å². The van der Waals surface area contributed by atoms with Gasteiger partial charge < -0.3 is 15.4 Å². The lowest BCUT2D eigenvalue weighted by atomic mass is 10.2. The number of anilines is 2. The number of carbonyl (C=O) groups excluding carboxylic acids is 2. The van der Waals surface area contributed by atoms with Crippen molar-refractivity contribution < 1.29 is 14.3 Å². The van der Waals surface area contributed by atoms with E-state index < -0.39 is 11.8 Å². The smallest absolute Gasteiger partial charge is 0.314 e. The number of halogens is 1. The molecule has 0 bridgehead atoms. The zero-order chi connectivity index (χ0) is 17.7. The molecule has 2 N–H and O–H groups in total. The standard InChI is InChI=1S/C18H19ClN2O3/c1-11(2)24-14-9-7-13(8-10-14)20-17(22)18(23)21-16-6-4-5-15(19)12(16)3/h4-11H,1-3H3,(H,20,22)(H,21,23). The first-order valence-electron chi connectivity index (χ1n) is 7.51. The van der Waals surface area contributed by atoms with Crippen molar-refractivity contribution in [2.45, 2.75) is 26.9 Å². The van der Waals surface area contributed by atoms with Crippen LogP contribution in [0.4, 0.5) is 11.4 Å². The van der Waals surface area contributed by atoms with Crippen molar-refractivity contribution in [3.05, 3.63) is 53.1 Å². The molecule has 2 aromatic rings. The van der Waals surface area contributed by atoms with Gasteiger partial charge in [0.25, 0.3) is 0 Å². The number of hydrogen-bond donors (Lipinski definition) is 2. The van der Waals surface area contributed by atoms with Gasteiger partial charge in [0, 0.05) is 16.4 Å². The number of benzene rings is 2. The van der Waals surface area contributed by atoms with Crippen LogP contribution in [0.5, 0.6) is 5.75 Å². The largest absolute Gasteiger partial charge is 0.491 e. The van der Waals surface area contributed by atoms with Gasteiger partial charge >= 0.3 is 11.8 Å². The number of amides is 2. The maximum absolute atomic E-state index is 12.0. The predicted molar refractivity (Wildman–Crippen MR) is 95.7 cm³/mol. The van der Waals surface area contributed by atoms with Gasteiger partial charge in [-0.1, -0.05) is 17.7 Å². The first-order valence-corrected chi connectivity index (χ1v) is 7.89. The Morgan fingerprint density at radius 1 is 1.00 bits per heavy atom. The van der Waals surface area contributed by atoms with Gasteiger partial charge in [-0.15, -0.1) is 0 Å². The second-order valence-electron chi connectivity index (χ2n) is 5.51. The van der Waals surface area contributed by atoms with Crippen LogP contribution in [0.3, 0.4) is 0 Å². The highest BCUT2D eigenvalue weighted by Crippen LogP contribution is 2.23. The highest BCUT2D eigenvalue weighted by molar-refractivity contribution is 6.44. The molecule has 0 unspecified atom stereocenters. The van der Waals surface area contributed by atoms with Crippen LogP contribution in [-0.4, -0.2) is 17.9 Å². The van der Waals surface area contributed by atoms with Gasteiger partial charge in [0.2, 0.25) is 0 Å². The van der Waals surface area contributed by atoms with Crippen molar-refractivity contribution in [3.63, 3.8) is 0 Å². The van der Waals surface area contributed by atoms with Crippen molar-refractivity contribution in [3.8, 4) is 5.75 Å². The van der Waals surface area contributed by atoms with Crippen molar-refractivity contribution in [2.75, 3.05) is 10.6 Å². The van der Waals surface area contributed by atoms with Crippen molar-refractivity contribution in [1.82, 2.24) is 0 Å². The highest BCUT2D eigenvalue weighted by Gasteiger charge is 2.15. The summed E-state index contributed by atoms with van der Waals surface area (Å²) < 4.78 is 5.52. The van der Waals surface area contributed by atoms with E-state index in [2.05, 4.69) is 10.6 Å². The zero-order valence-corrected chi connectivity index (χ0v) is 14.5. The average molecular weight is 347 g/mol. The Bertz CT molecular complexity index is 742. The SMILES string of the molecule is Cc1c(Cl)cccc1NC(=O)C(=O)Nc1ccc(OC(C)C)cc1. The minimum absolute atomic E-state index is 0.0668. The Balaban J connectivity index is 1.98. The minimum Gasteiger partial charge on any atom is -0.491 e. The summed E-state index contributed by atoms with van der Waals surface area (Å²) in [5.41, 5.74) is 1.72. The summed E-state index contributed by atoms with van der Waals surface area (Å²) in [6, 6.07) is 11.9. The Kier molecular flexibility index (Phi) is 5.82. The number of hydrogen-bond acceptors (Lipinski definition) is 3. The van der Waals surface area contributed by atoms with Gasteiger partial charge in [-0.3, -0.25) is 9.59 Å². The van der Waals surface area contributed by atoms with Crippen LogP contribution in [0.15, 0.2) is 42.5 Å². The quantitative estimate of drug-likeness (QED) is 0.822. The molecule has 5 nitrogen and oxygen atoms in total. The van der Waals surface area contributed by atoms with Gasteiger partial charge in [-0.05, 0) is 62.7 Å². The summed E-state index contributed by atoms with van der Waals surface area (Å²) in [4.78, 5) is 24.0. The van der Waals surface area contributed by atoms with Crippen molar-refractivity contribution >= 4 is 34.8 Å². The predicted octanol–water partition coefficient (Wildman–Crippen LogP) is 4.01. The lowest BCUT2D eigenvalue weighted by Crippen LogP contribution is -2.29. The van der Waals surface area contributed by atoms with E-state index in [-0.39, 0.29) is 6.10 Å². The van der Waals surface area contributed by atoms with Gasteiger partial charge in [-0.2, -0.15) is 0 Å². The summed E-state index contributed by atoms with van der Waals surface area (Å²) in [6.45, 7) is 5.62. The molecule has 2 aromatic carbocycles. The second-order valence-corrected chi connectivity index (χ2v) is 5.92. The van der Waals surface area contributed by atoms with E-state index in [1.54, 1.807) is 49.4 Å². The summed E-state index contributed by atoms with van der Waals surface area (Å²) in [7, 11) is 0. The number of carbonyl (C=O) groups is 2. The van der Waals surface area contributed by atoms with E-state index in [1.807, 2.05) is 13.8 Å². The van der Waals surface area contributed by atoms with E-state index >= 15 is 0 Å². The molecule has 0 aliphatic heterocycles. The summed E-state index contributed by atoms with van der Waals surface area (Å²) in [5, 5.41) is 5.61. The Hall–Kier alpha value is -2.53. The van der Waals surface area contributed by atoms with E-state index in [1.165, 1.54) is 0 Å². The topological polar surface area (TPSA) is 67.4 Å². The molecule has 0 fully saturated rings. The van der Waals surface area contributed by atoms with Gasteiger partial charge in [0.15, 0.2) is 0 Å². The monoisotopic (exact) mass is 346 g/mol. The van der Waals surface area contributed by atoms with Crippen LogP contribution in [0, 0.1) is 6.92 Å². The average Bonchev–Trinajstić information content (AvgIpc) is 2.53. The molecule has 0 heterocycles. The molecule has 0 spiro atoms.